The molecule has 0 saturated carbocycles. The Kier molecular flexibility index (Phi) is 7.08. The van der Waals surface area contributed by atoms with Gasteiger partial charge in [-0.25, -0.2) is 9.97 Å². The van der Waals surface area contributed by atoms with Crippen molar-refractivity contribution in [2.45, 2.75) is 38.8 Å². The Balaban J connectivity index is 1.33. The lowest BCUT2D eigenvalue weighted by atomic mass is 10.0. The molecule has 3 aromatic rings. The molecule has 1 aliphatic carbocycles. The van der Waals surface area contributed by atoms with Crippen LogP contribution in [0.1, 0.15) is 42.1 Å². The largest absolute Gasteiger partial charge is 0.480 e. The van der Waals surface area contributed by atoms with Crippen molar-refractivity contribution in [2.24, 2.45) is 7.05 Å². The lowest BCUT2D eigenvalue weighted by molar-refractivity contribution is -0.122. The van der Waals surface area contributed by atoms with E-state index in [0.717, 1.165) is 59.7 Å². The van der Waals surface area contributed by atoms with Gasteiger partial charge in [-0.15, -0.1) is 5.10 Å². The Morgan fingerprint density at radius 1 is 1.24 bits per heavy atom. The van der Waals surface area contributed by atoms with Crippen molar-refractivity contribution in [3.8, 4) is 5.88 Å². The fourth-order valence-corrected chi connectivity index (χ4v) is 5.46. The molecule has 0 spiro atoms. The number of likely N-dealkylation sites (N-methyl/N-ethyl adjacent to an activating group) is 1. The number of amides is 1. The van der Waals surface area contributed by atoms with Gasteiger partial charge >= 0.3 is 0 Å². The first kappa shape index (κ1) is 25.1. The van der Waals surface area contributed by atoms with Crippen LogP contribution in [0.25, 0.3) is 5.57 Å². The highest BCUT2D eigenvalue weighted by atomic mass is 16.5. The normalized spacial score (nSPS) is 18.8. The number of aromatic nitrogens is 4. The molecule has 3 heterocycles. The van der Waals surface area contributed by atoms with Crippen LogP contribution in [0.3, 0.4) is 0 Å². The van der Waals surface area contributed by atoms with Gasteiger partial charge in [-0.1, -0.05) is 18.2 Å². The molecule has 1 aliphatic heterocycles. The number of fused-ring (bicyclic) bond motifs is 1. The predicted octanol–water partition coefficient (Wildman–Crippen LogP) is 2.76. The lowest BCUT2D eigenvalue weighted by Crippen LogP contribution is -2.56. The van der Waals surface area contributed by atoms with Gasteiger partial charge in [0.25, 0.3) is 0 Å². The minimum absolute atomic E-state index is 0.0352. The van der Waals surface area contributed by atoms with Gasteiger partial charge < -0.3 is 15.0 Å². The molecule has 1 aromatic carbocycles. The fourth-order valence-electron chi connectivity index (χ4n) is 5.46. The quantitative estimate of drug-likeness (QED) is 0.533. The van der Waals surface area contributed by atoms with E-state index >= 15 is 0 Å². The Morgan fingerprint density at radius 2 is 2.08 bits per heavy atom. The first-order valence-corrected chi connectivity index (χ1v) is 12.8. The number of carbonyl (C=O) groups is 1. The SMILES string of the molecule is COc1nn(C)cc1Cc1nccc(C2=CCc3c(NC(=O)[C@@H](C)N4CCN(C)C[C@H]4C)cccc32)n1. The molecule has 5 rings (SSSR count). The average Bonchev–Trinajstić information content (AvgIpc) is 3.47. The first-order valence-electron chi connectivity index (χ1n) is 12.8. The van der Waals surface area contributed by atoms with E-state index in [-0.39, 0.29) is 11.9 Å². The highest BCUT2D eigenvalue weighted by molar-refractivity contribution is 5.97. The van der Waals surface area contributed by atoms with Crippen LogP contribution in [0.2, 0.25) is 0 Å². The van der Waals surface area contributed by atoms with Gasteiger partial charge in [0.05, 0.1) is 18.8 Å². The number of aryl methyl sites for hydroxylation is 1. The topological polar surface area (TPSA) is 88.4 Å². The number of carbonyl (C=O) groups excluding carboxylic acids is 1. The lowest BCUT2D eigenvalue weighted by Gasteiger charge is -2.41. The van der Waals surface area contributed by atoms with Crippen molar-refractivity contribution >= 4 is 17.2 Å². The smallest absolute Gasteiger partial charge is 0.241 e. The van der Waals surface area contributed by atoms with Crippen molar-refractivity contribution in [1.82, 2.24) is 29.5 Å². The predicted molar refractivity (Wildman–Crippen MR) is 144 cm³/mol. The first-order chi connectivity index (χ1) is 17.8. The summed E-state index contributed by atoms with van der Waals surface area (Å²) >= 11 is 0. The maximum Gasteiger partial charge on any atom is 0.241 e. The van der Waals surface area contributed by atoms with Crippen molar-refractivity contribution in [2.75, 3.05) is 39.1 Å². The van der Waals surface area contributed by atoms with Gasteiger partial charge in [-0.05, 0) is 50.6 Å². The molecule has 1 fully saturated rings. The summed E-state index contributed by atoms with van der Waals surface area (Å²) in [5.41, 5.74) is 5.97. The molecule has 1 amide bonds. The number of hydrogen-bond acceptors (Lipinski definition) is 7. The number of nitrogens with zero attached hydrogens (tertiary/aromatic N) is 6. The second kappa shape index (κ2) is 10.4. The molecule has 1 saturated heterocycles. The number of hydrogen-bond donors (Lipinski definition) is 1. The van der Waals surface area contributed by atoms with E-state index in [4.69, 9.17) is 9.72 Å². The molecule has 37 heavy (non-hydrogen) atoms. The van der Waals surface area contributed by atoms with Crippen LogP contribution in [0.4, 0.5) is 5.69 Å². The van der Waals surface area contributed by atoms with Crippen molar-refractivity contribution in [3.05, 3.63) is 70.9 Å². The van der Waals surface area contributed by atoms with E-state index in [1.165, 1.54) is 0 Å². The van der Waals surface area contributed by atoms with Crippen LogP contribution >= 0.6 is 0 Å². The second-order valence-corrected chi connectivity index (χ2v) is 10.0. The number of methoxy groups -OCH3 is 1. The van der Waals surface area contributed by atoms with Crippen LogP contribution in [-0.4, -0.2) is 81.3 Å². The molecule has 194 valence electrons. The van der Waals surface area contributed by atoms with Crippen LogP contribution < -0.4 is 10.1 Å². The number of anilines is 1. The highest BCUT2D eigenvalue weighted by Gasteiger charge is 2.30. The number of rotatable bonds is 7. The summed E-state index contributed by atoms with van der Waals surface area (Å²) < 4.78 is 7.12. The summed E-state index contributed by atoms with van der Waals surface area (Å²) in [5, 5.41) is 7.54. The highest BCUT2D eigenvalue weighted by Crippen LogP contribution is 2.36. The van der Waals surface area contributed by atoms with E-state index < -0.39 is 0 Å². The summed E-state index contributed by atoms with van der Waals surface area (Å²) in [6.45, 7) is 7.04. The van der Waals surface area contributed by atoms with Crippen molar-refractivity contribution in [3.63, 3.8) is 0 Å². The second-order valence-electron chi connectivity index (χ2n) is 10.0. The van der Waals surface area contributed by atoms with Gasteiger partial charge in [0, 0.05) is 68.4 Å². The van der Waals surface area contributed by atoms with Crippen LogP contribution in [0, 0.1) is 0 Å². The number of nitrogens with one attached hydrogen (secondary N) is 1. The van der Waals surface area contributed by atoms with Gasteiger partial charge in [-0.3, -0.25) is 14.4 Å². The van der Waals surface area contributed by atoms with Crippen LogP contribution in [-0.2, 0) is 24.7 Å². The van der Waals surface area contributed by atoms with Crippen LogP contribution in [0.15, 0.2) is 42.7 Å². The van der Waals surface area contributed by atoms with Gasteiger partial charge in [-0.2, -0.15) is 0 Å². The molecule has 2 aromatic heterocycles. The molecule has 2 aliphatic rings. The molecule has 0 bridgehead atoms. The summed E-state index contributed by atoms with van der Waals surface area (Å²) in [5.74, 6) is 1.33. The monoisotopic (exact) mass is 501 g/mol. The molecular weight excluding hydrogens is 466 g/mol. The third kappa shape index (κ3) is 5.14. The zero-order valence-corrected chi connectivity index (χ0v) is 22.2. The molecule has 9 nitrogen and oxygen atoms in total. The third-order valence-electron chi connectivity index (χ3n) is 7.38. The number of ether oxygens (including phenoxy) is 1. The van der Waals surface area contributed by atoms with Crippen molar-refractivity contribution in [1.29, 1.82) is 0 Å². The van der Waals surface area contributed by atoms with Gasteiger partial charge in [0.1, 0.15) is 5.82 Å². The Hall–Kier alpha value is -3.56. The molecule has 2 atom stereocenters. The maximum atomic E-state index is 13.2. The minimum Gasteiger partial charge on any atom is -0.480 e. The zero-order valence-electron chi connectivity index (χ0n) is 22.2. The van der Waals surface area contributed by atoms with E-state index in [9.17, 15) is 4.79 Å². The van der Waals surface area contributed by atoms with Crippen LogP contribution in [0.5, 0.6) is 5.88 Å². The third-order valence-corrected chi connectivity index (χ3v) is 7.38. The standard InChI is InChI=1S/C28H35N7O2/c1-18-16-33(3)13-14-35(18)19(2)27(36)31-24-8-6-7-21-22(24)9-10-23(21)25-11-12-29-26(30-25)15-20-17-34(4)32-28(20)37-5/h6-8,10-12,17-19H,9,13-16H2,1-5H3,(H,31,36)/t18-,19-/m1/s1. The molecular formula is C28H35N7O2. The van der Waals surface area contributed by atoms with E-state index in [1.54, 1.807) is 18.0 Å². The van der Waals surface area contributed by atoms with Crippen molar-refractivity contribution < 1.29 is 9.53 Å². The Morgan fingerprint density at radius 3 is 2.86 bits per heavy atom. The zero-order chi connectivity index (χ0) is 26.1. The Labute approximate surface area is 218 Å². The van der Waals surface area contributed by atoms with E-state index in [2.05, 4.69) is 51.3 Å². The summed E-state index contributed by atoms with van der Waals surface area (Å²) in [7, 11) is 5.62. The number of benzene rings is 1. The molecule has 0 unspecified atom stereocenters. The summed E-state index contributed by atoms with van der Waals surface area (Å²) in [6.07, 6.45) is 7.19. The van der Waals surface area contributed by atoms with Gasteiger partial charge in [0.2, 0.25) is 11.8 Å². The number of allylic oxidation sites excluding steroid dienone is 1. The molecule has 0 radical (unpaired) electrons. The Bertz CT molecular complexity index is 1330. The summed E-state index contributed by atoms with van der Waals surface area (Å²) in [6, 6.07) is 8.18. The van der Waals surface area contributed by atoms with Gasteiger partial charge in [0.15, 0.2) is 0 Å². The average molecular weight is 502 g/mol. The minimum atomic E-state index is -0.192. The molecule has 1 N–H and O–H groups in total. The maximum absolute atomic E-state index is 13.2. The molecule has 9 heteroatoms. The fraction of sp³-hybridized carbons (Fsp3) is 0.429. The van der Waals surface area contributed by atoms with E-state index in [0.29, 0.717) is 24.2 Å². The summed E-state index contributed by atoms with van der Waals surface area (Å²) in [4.78, 5) is 27.2. The van der Waals surface area contributed by atoms with E-state index in [1.807, 2.05) is 38.4 Å². The number of piperazine rings is 1.